The number of aliphatic hydroxyl groups is 2. The monoisotopic (exact) mass is 490 g/mol. The fourth-order valence-electron chi connectivity index (χ4n) is 7.54. The molecule has 0 amide bonds. The number of hydrogen-bond donors (Lipinski definition) is 5. The second kappa shape index (κ2) is 8.86. The van der Waals surface area contributed by atoms with Crippen LogP contribution < -0.4 is 11.1 Å². The fraction of sp³-hybridized carbons (Fsp3) is 0.567. The summed E-state index contributed by atoms with van der Waals surface area (Å²) >= 11 is 0. The summed E-state index contributed by atoms with van der Waals surface area (Å²) in [5, 5.41) is 33.6. The summed E-state index contributed by atoms with van der Waals surface area (Å²) < 4.78 is 0. The first-order valence-electron chi connectivity index (χ1n) is 13.4. The molecule has 4 unspecified atom stereocenters. The number of nitrogens with two attached hydrogens (primary N) is 1. The van der Waals surface area contributed by atoms with Crippen LogP contribution in [0.5, 0.6) is 0 Å². The molecule has 5 atom stereocenters. The Morgan fingerprint density at radius 3 is 2.64 bits per heavy atom. The number of benzene rings is 1. The predicted molar refractivity (Wildman–Crippen MR) is 147 cm³/mol. The number of fused-ring (bicyclic) bond motifs is 5. The van der Waals surface area contributed by atoms with Gasteiger partial charge in [0.05, 0.1) is 17.2 Å². The molecule has 1 aromatic carbocycles. The van der Waals surface area contributed by atoms with Gasteiger partial charge >= 0.3 is 0 Å². The Morgan fingerprint density at radius 1 is 1.14 bits per heavy atom. The van der Waals surface area contributed by atoms with Crippen molar-refractivity contribution >= 4 is 22.3 Å². The first kappa shape index (κ1) is 25.2. The Labute approximate surface area is 214 Å². The molecule has 0 saturated heterocycles. The van der Waals surface area contributed by atoms with Crippen molar-refractivity contribution in [3.8, 4) is 0 Å². The molecule has 6 nitrogen and oxygen atoms in total. The Hall–Kier alpha value is -2.41. The maximum Gasteiger partial charge on any atom is 0.153 e. The second-order valence-corrected chi connectivity index (χ2v) is 12.1. The second-order valence-electron chi connectivity index (χ2n) is 12.1. The highest BCUT2D eigenvalue weighted by atomic mass is 16.3. The number of allylic oxidation sites excluding steroid dienone is 3. The molecule has 4 aliphatic carbocycles. The summed E-state index contributed by atoms with van der Waals surface area (Å²) in [7, 11) is 3.75. The van der Waals surface area contributed by atoms with Crippen molar-refractivity contribution in [1.29, 1.82) is 0 Å². The first-order valence-corrected chi connectivity index (χ1v) is 13.4. The highest BCUT2D eigenvalue weighted by Gasteiger charge is 2.62. The number of H-pyrrole nitrogens is 1. The van der Waals surface area contributed by atoms with E-state index in [-0.39, 0.29) is 22.9 Å². The molecule has 1 heterocycles. The highest BCUT2D eigenvalue weighted by molar-refractivity contribution is 5.91. The molecule has 2 aromatic rings. The summed E-state index contributed by atoms with van der Waals surface area (Å²) in [4.78, 5) is 0. The van der Waals surface area contributed by atoms with Crippen LogP contribution in [0.1, 0.15) is 64.9 Å². The lowest BCUT2D eigenvalue weighted by atomic mass is 9.49. The third kappa shape index (κ3) is 3.68. The minimum Gasteiger partial charge on any atom is -0.393 e. The Bertz CT molecular complexity index is 1250. The van der Waals surface area contributed by atoms with Gasteiger partial charge in [-0.25, -0.2) is 0 Å². The van der Waals surface area contributed by atoms with E-state index in [0.29, 0.717) is 11.7 Å². The molecular weight excluding hydrogens is 448 g/mol. The molecular formula is C30H42N4O2. The summed E-state index contributed by atoms with van der Waals surface area (Å²) in [6.45, 7) is 6.98. The van der Waals surface area contributed by atoms with Gasteiger partial charge in [-0.1, -0.05) is 50.6 Å². The van der Waals surface area contributed by atoms with Gasteiger partial charge in [-0.15, -0.1) is 0 Å². The van der Waals surface area contributed by atoms with Gasteiger partial charge in [0.25, 0.3) is 0 Å². The lowest BCUT2D eigenvalue weighted by Crippen LogP contribution is -2.55. The maximum absolute atomic E-state index is 12.3. The van der Waals surface area contributed by atoms with Crippen molar-refractivity contribution in [1.82, 2.24) is 15.5 Å². The van der Waals surface area contributed by atoms with Gasteiger partial charge in [0, 0.05) is 16.7 Å². The summed E-state index contributed by atoms with van der Waals surface area (Å²) in [5.41, 5.74) is 10.6. The molecule has 0 aliphatic heterocycles. The van der Waals surface area contributed by atoms with Gasteiger partial charge in [0.1, 0.15) is 0 Å². The zero-order valence-electron chi connectivity index (χ0n) is 22.4. The van der Waals surface area contributed by atoms with E-state index in [9.17, 15) is 10.2 Å². The number of nitrogens with one attached hydrogen (secondary N) is 2. The molecule has 6 N–H and O–H groups in total. The SMILES string of the molecule is CC1(C)C=C2C=C3CC(O)CCC3CC[C@]2(O)C2CC=C(c3ccc4c(N)n[nH]c4c3)C21C.CNC. The van der Waals surface area contributed by atoms with Crippen LogP contribution >= 0.6 is 0 Å². The zero-order valence-corrected chi connectivity index (χ0v) is 22.4. The van der Waals surface area contributed by atoms with Crippen LogP contribution in [0.25, 0.3) is 16.5 Å². The Balaban J connectivity index is 0.000000848. The van der Waals surface area contributed by atoms with Gasteiger partial charge < -0.3 is 21.3 Å². The Kier molecular flexibility index (Phi) is 6.21. The number of aliphatic hydroxyl groups excluding tert-OH is 1. The third-order valence-corrected chi connectivity index (χ3v) is 9.71. The van der Waals surface area contributed by atoms with Crippen LogP contribution in [-0.2, 0) is 0 Å². The van der Waals surface area contributed by atoms with Crippen molar-refractivity contribution in [2.24, 2.45) is 22.7 Å². The molecule has 194 valence electrons. The van der Waals surface area contributed by atoms with Crippen molar-refractivity contribution in [2.45, 2.75) is 71.0 Å². The third-order valence-electron chi connectivity index (χ3n) is 9.71. The number of aromatic nitrogens is 2. The molecule has 0 bridgehead atoms. The zero-order chi connectivity index (χ0) is 25.9. The van der Waals surface area contributed by atoms with Crippen LogP contribution in [-0.4, -0.2) is 46.2 Å². The lowest BCUT2D eigenvalue weighted by Gasteiger charge is -2.56. The van der Waals surface area contributed by atoms with E-state index in [1.54, 1.807) is 0 Å². The molecule has 0 radical (unpaired) electrons. The molecule has 1 fully saturated rings. The average Bonchev–Trinajstić information content (AvgIpc) is 3.35. The number of anilines is 1. The van der Waals surface area contributed by atoms with Gasteiger partial charge in [0.15, 0.2) is 5.82 Å². The molecule has 4 aliphatic rings. The van der Waals surface area contributed by atoms with Gasteiger partial charge in [-0.3, -0.25) is 5.10 Å². The number of aromatic amines is 1. The largest absolute Gasteiger partial charge is 0.393 e. The summed E-state index contributed by atoms with van der Waals surface area (Å²) in [6.07, 6.45) is 12.0. The van der Waals surface area contributed by atoms with Crippen molar-refractivity contribution in [3.05, 3.63) is 53.1 Å². The standard InChI is InChI=1S/C28H35N3O2.C2H7N/c1-26(2)15-19-12-18-13-20(32)6-4-16(18)10-11-28(19,33)24-9-8-22(27(24,26)3)17-5-7-21-23(14-17)30-31-25(21)29;1-3-2/h5,7-8,12,14-16,20,24,32-33H,4,6,9-11,13H2,1-3H3,(H3,29,30,31);3H,1-2H3/t16?,20?,24?,27?,28-;/m1./s1. The quantitative estimate of drug-likeness (QED) is 0.388. The topological polar surface area (TPSA) is 107 Å². The maximum atomic E-state index is 12.3. The minimum absolute atomic E-state index is 0.111. The number of hydrogen-bond acceptors (Lipinski definition) is 5. The van der Waals surface area contributed by atoms with E-state index in [2.05, 4.69) is 72.7 Å². The molecule has 6 rings (SSSR count). The van der Waals surface area contributed by atoms with Gasteiger partial charge in [-0.05, 0) is 92.8 Å². The minimum atomic E-state index is -0.847. The lowest BCUT2D eigenvalue weighted by molar-refractivity contribution is -0.0651. The van der Waals surface area contributed by atoms with Gasteiger partial charge in [-0.2, -0.15) is 5.10 Å². The smallest absolute Gasteiger partial charge is 0.153 e. The van der Waals surface area contributed by atoms with Crippen molar-refractivity contribution in [2.75, 3.05) is 19.8 Å². The van der Waals surface area contributed by atoms with Crippen LogP contribution in [0.15, 0.2) is 47.6 Å². The van der Waals surface area contributed by atoms with Gasteiger partial charge in [0.2, 0.25) is 0 Å². The Morgan fingerprint density at radius 2 is 1.89 bits per heavy atom. The molecule has 1 aromatic heterocycles. The average molecular weight is 491 g/mol. The highest BCUT2D eigenvalue weighted by Crippen LogP contribution is 2.67. The van der Waals surface area contributed by atoms with E-state index in [1.807, 2.05) is 14.1 Å². The summed E-state index contributed by atoms with van der Waals surface area (Å²) in [5.74, 6) is 1.12. The van der Waals surface area contributed by atoms with Crippen LogP contribution in [0.2, 0.25) is 0 Å². The number of nitrogen functional groups attached to an aromatic ring is 1. The fourth-order valence-corrected chi connectivity index (χ4v) is 7.54. The molecule has 6 heteroatoms. The molecule has 36 heavy (non-hydrogen) atoms. The van der Waals surface area contributed by atoms with Crippen LogP contribution in [0.4, 0.5) is 5.82 Å². The first-order chi connectivity index (χ1) is 17.0. The van der Waals surface area contributed by atoms with Crippen LogP contribution in [0.3, 0.4) is 0 Å². The van der Waals surface area contributed by atoms with E-state index in [0.717, 1.165) is 55.0 Å². The number of nitrogens with zero attached hydrogens (tertiary/aromatic N) is 1. The number of rotatable bonds is 1. The van der Waals surface area contributed by atoms with E-state index < -0.39 is 5.60 Å². The van der Waals surface area contributed by atoms with E-state index >= 15 is 0 Å². The molecule has 1 saturated carbocycles. The molecule has 0 spiro atoms. The summed E-state index contributed by atoms with van der Waals surface area (Å²) in [6, 6.07) is 6.36. The van der Waals surface area contributed by atoms with E-state index in [4.69, 9.17) is 5.73 Å². The van der Waals surface area contributed by atoms with E-state index in [1.165, 1.54) is 16.7 Å². The van der Waals surface area contributed by atoms with Crippen molar-refractivity contribution in [3.63, 3.8) is 0 Å². The van der Waals surface area contributed by atoms with Crippen molar-refractivity contribution < 1.29 is 10.2 Å². The van der Waals surface area contributed by atoms with Crippen LogP contribution in [0, 0.1) is 22.7 Å². The normalized spacial score (nSPS) is 34.8. The predicted octanol–water partition coefficient (Wildman–Crippen LogP) is 4.97.